The van der Waals surface area contributed by atoms with Crippen LogP contribution in [-0.4, -0.2) is 27.9 Å². The lowest BCUT2D eigenvalue weighted by Gasteiger charge is -1.97. The first-order chi connectivity index (χ1) is 9.06. The Labute approximate surface area is 115 Å². The van der Waals surface area contributed by atoms with E-state index in [1.165, 1.54) is 12.1 Å². The van der Waals surface area contributed by atoms with E-state index in [2.05, 4.69) is 26.1 Å². The Balaban J connectivity index is 2.07. The Hall–Kier alpha value is -1.80. The zero-order valence-corrected chi connectivity index (χ0v) is 11.1. The molecule has 0 aliphatic carbocycles. The maximum absolute atomic E-state index is 13.3. The molecule has 0 saturated heterocycles. The monoisotopic (exact) mass is 330 g/mol. The summed E-state index contributed by atoms with van der Waals surface area (Å²) in [5, 5.41) is 15.8. The van der Waals surface area contributed by atoms with Crippen LogP contribution >= 0.6 is 15.9 Å². The van der Waals surface area contributed by atoms with Crippen molar-refractivity contribution in [1.82, 2.24) is 10.2 Å². The summed E-state index contributed by atoms with van der Waals surface area (Å²) in [4.78, 5) is 10.2. The summed E-state index contributed by atoms with van der Waals surface area (Å²) in [6, 6.07) is 4.39. The fourth-order valence-corrected chi connectivity index (χ4v) is 1.53. The predicted molar refractivity (Wildman–Crippen MR) is 64.7 cm³/mol. The molecule has 1 N–H and O–H groups in total. The van der Waals surface area contributed by atoms with Crippen LogP contribution in [0.4, 0.5) is 4.39 Å². The van der Waals surface area contributed by atoms with Crippen LogP contribution < -0.4 is 0 Å². The van der Waals surface area contributed by atoms with Gasteiger partial charge in [-0.2, -0.15) is 0 Å². The Morgan fingerprint density at radius 3 is 2.95 bits per heavy atom. The summed E-state index contributed by atoms with van der Waals surface area (Å²) in [5.41, 5.74) is 0.428. The number of aromatic nitrogens is 2. The number of nitrogens with zero attached hydrogens (tertiary/aromatic N) is 2. The van der Waals surface area contributed by atoms with E-state index in [0.717, 1.165) is 0 Å². The molecule has 0 aliphatic rings. The average Bonchev–Trinajstić information content (AvgIpc) is 2.81. The molecular formula is C11H8BrFN2O4. The minimum atomic E-state index is -1.09. The molecular weight excluding hydrogens is 323 g/mol. The number of carboxylic acid groups (broad SMARTS) is 1. The molecule has 2 rings (SSSR count). The standard InChI is InChI=1S/C11H8BrFN2O4/c12-7-2-1-6(3-8(7)13)11-15-14-9(19-11)4-18-5-10(16)17/h1-3H,4-5H2,(H,16,17). The second kappa shape index (κ2) is 5.89. The van der Waals surface area contributed by atoms with Crippen molar-refractivity contribution < 1.29 is 23.4 Å². The van der Waals surface area contributed by atoms with Crippen molar-refractivity contribution >= 4 is 21.9 Å². The Morgan fingerprint density at radius 1 is 1.47 bits per heavy atom. The molecule has 0 amide bonds. The van der Waals surface area contributed by atoms with Gasteiger partial charge in [-0.3, -0.25) is 0 Å². The molecule has 0 radical (unpaired) electrons. The van der Waals surface area contributed by atoms with E-state index in [1.54, 1.807) is 6.07 Å². The van der Waals surface area contributed by atoms with Gasteiger partial charge in [0.1, 0.15) is 19.0 Å². The van der Waals surface area contributed by atoms with Crippen LogP contribution in [0.1, 0.15) is 5.89 Å². The highest BCUT2D eigenvalue weighted by molar-refractivity contribution is 9.10. The summed E-state index contributed by atoms with van der Waals surface area (Å²) in [7, 11) is 0. The molecule has 2 aromatic rings. The number of carboxylic acids is 1. The lowest BCUT2D eigenvalue weighted by Crippen LogP contribution is -2.06. The van der Waals surface area contributed by atoms with Crippen LogP contribution in [0.25, 0.3) is 11.5 Å². The maximum atomic E-state index is 13.3. The number of rotatable bonds is 5. The molecule has 0 atom stereocenters. The van der Waals surface area contributed by atoms with E-state index >= 15 is 0 Å². The summed E-state index contributed by atoms with van der Waals surface area (Å²) in [6.07, 6.45) is 0. The van der Waals surface area contributed by atoms with Gasteiger partial charge in [0.2, 0.25) is 11.8 Å². The number of hydrogen-bond donors (Lipinski definition) is 1. The van der Waals surface area contributed by atoms with E-state index in [-0.39, 0.29) is 18.4 Å². The molecule has 6 nitrogen and oxygen atoms in total. The maximum Gasteiger partial charge on any atom is 0.329 e. The molecule has 0 spiro atoms. The van der Waals surface area contributed by atoms with Crippen molar-refractivity contribution in [3.8, 4) is 11.5 Å². The van der Waals surface area contributed by atoms with Crippen LogP contribution in [-0.2, 0) is 16.1 Å². The average molecular weight is 331 g/mol. The molecule has 1 aromatic carbocycles. The Kier molecular flexibility index (Phi) is 4.23. The van der Waals surface area contributed by atoms with Crippen LogP contribution in [0, 0.1) is 5.82 Å². The zero-order chi connectivity index (χ0) is 13.8. The molecule has 0 unspecified atom stereocenters. The summed E-state index contributed by atoms with van der Waals surface area (Å²) < 4.78 is 23.7. The number of aliphatic carboxylic acids is 1. The second-order valence-electron chi connectivity index (χ2n) is 3.52. The van der Waals surface area contributed by atoms with Gasteiger partial charge < -0.3 is 14.3 Å². The van der Waals surface area contributed by atoms with Crippen LogP contribution in [0.2, 0.25) is 0 Å². The number of carbonyl (C=O) groups is 1. The van der Waals surface area contributed by atoms with Crippen molar-refractivity contribution in [2.75, 3.05) is 6.61 Å². The van der Waals surface area contributed by atoms with E-state index in [1.807, 2.05) is 0 Å². The minimum Gasteiger partial charge on any atom is -0.480 e. The number of ether oxygens (including phenoxy) is 1. The van der Waals surface area contributed by atoms with Crippen molar-refractivity contribution in [3.05, 3.63) is 34.4 Å². The molecule has 1 aromatic heterocycles. The predicted octanol–water partition coefficient (Wildman–Crippen LogP) is 2.24. The number of halogens is 2. The highest BCUT2D eigenvalue weighted by Crippen LogP contribution is 2.23. The van der Waals surface area contributed by atoms with Gasteiger partial charge in [0, 0.05) is 5.56 Å². The fraction of sp³-hybridized carbons (Fsp3) is 0.182. The lowest BCUT2D eigenvalue weighted by molar-refractivity contribution is -0.142. The molecule has 8 heteroatoms. The van der Waals surface area contributed by atoms with Gasteiger partial charge in [-0.05, 0) is 34.1 Å². The van der Waals surface area contributed by atoms with Gasteiger partial charge in [0.15, 0.2) is 0 Å². The molecule has 0 bridgehead atoms. The topological polar surface area (TPSA) is 85.5 Å². The van der Waals surface area contributed by atoms with E-state index in [9.17, 15) is 9.18 Å². The summed E-state index contributed by atoms with van der Waals surface area (Å²) in [6.45, 7) is -0.567. The van der Waals surface area contributed by atoms with Crippen LogP contribution in [0.3, 0.4) is 0 Å². The van der Waals surface area contributed by atoms with Crippen molar-refractivity contribution in [1.29, 1.82) is 0 Å². The highest BCUT2D eigenvalue weighted by atomic mass is 79.9. The quantitative estimate of drug-likeness (QED) is 0.904. The summed E-state index contributed by atoms with van der Waals surface area (Å²) >= 11 is 3.04. The highest BCUT2D eigenvalue weighted by Gasteiger charge is 2.11. The number of hydrogen-bond acceptors (Lipinski definition) is 5. The lowest BCUT2D eigenvalue weighted by atomic mass is 10.2. The van der Waals surface area contributed by atoms with Gasteiger partial charge >= 0.3 is 5.97 Å². The SMILES string of the molecule is O=C(O)COCc1nnc(-c2ccc(Br)c(F)c2)o1. The first-order valence-electron chi connectivity index (χ1n) is 5.13. The van der Waals surface area contributed by atoms with Gasteiger partial charge in [-0.1, -0.05) is 0 Å². The van der Waals surface area contributed by atoms with Gasteiger partial charge in [0.25, 0.3) is 0 Å². The van der Waals surface area contributed by atoms with E-state index in [0.29, 0.717) is 10.0 Å². The fourth-order valence-electron chi connectivity index (χ4n) is 1.28. The van der Waals surface area contributed by atoms with Crippen LogP contribution in [0.5, 0.6) is 0 Å². The first-order valence-corrected chi connectivity index (χ1v) is 5.93. The minimum absolute atomic E-state index is 0.113. The van der Waals surface area contributed by atoms with Gasteiger partial charge in [0.05, 0.1) is 4.47 Å². The molecule has 0 aliphatic heterocycles. The summed E-state index contributed by atoms with van der Waals surface area (Å²) in [5.74, 6) is -1.27. The Bertz CT molecular complexity index is 602. The second-order valence-corrected chi connectivity index (χ2v) is 4.37. The molecule has 0 fully saturated rings. The normalized spacial score (nSPS) is 10.6. The molecule has 100 valence electrons. The number of benzene rings is 1. The van der Waals surface area contributed by atoms with Crippen molar-refractivity contribution in [2.24, 2.45) is 0 Å². The largest absolute Gasteiger partial charge is 0.480 e. The van der Waals surface area contributed by atoms with E-state index < -0.39 is 18.4 Å². The van der Waals surface area contributed by atoms with Crippen molar-refractivity contribution in [2.45, 2.75) is 6.61 Å². The molecule has 0 saturated carbocycles. The Morgan fingerprint density at radius 2 is 2.26 bits per heavy atom. The zero-order valence-electron chi connectivity index (χ0n) is 9.47. The van der Waals surface area contributed by atoms with Gasteiger partial charge in [-0.25, -0.2) is 9.18 Å². The molecule has 19 heavy (non-hydrogen) atoms. The molecule has 1 heterocycles. The van der Waals surface area contributed by atoms with E-state index in [4.69, 9.17) is 14.3 Å². The third kappa shape index (κ3) is 3.58. The third-order valence-electron chi connectivity index (χ3n) is 2.08. The van der Waals surface area contributed by atoms with Gasteiger partial charge in [-0.15, -0.1) is 10.2 Å². The van der Waals surface area contributed by atoms with Crippen molar-refractivity contribution in [3.63, 3.8) is 0 Å². The first kappa shape index (κ1) is 13.6. The third-order valence-corrected chi connectivity index (χ3v) is 2.73. The smallest absolute Gasteiger partial charge is 0.329 e. The van der Waals surface area contributed by atoms with Crippen LogP contribution in [0.15, 0.2) is 27.1 Å².